The van der Waals surface area contributed by atoms with Gasteiger partial charge in [0.1, 0.15) is 22.3 Å². The van der Waals surface area contributed by atoms with Gasteiger partial charge in [-0.05, 0) is 44.4 Å². The molecule has 0 radical (unpaired) electrons. The molecule has 1 saturated heterocycles. The van der Waals surface area contributed by atoms with E-state index < -0.39 is 5.97 Å². The second kappa shape index (κ2) is 7.20. The van der Waals surface area contributed by atoms with Crippen LogP contribution in [0.5, 0.6) is 0 Å². The standard InChI is InChI=1S/C20H22N4O4/c1-3-27-20(26)14-10-15-18(24(16(14)21)11-13-7-5-9-28-13)22-17-12(2)6-4-8-23(17)19(15)25/h4,6,8,10,13,21H,3,5,7,9,11H2,1-2H3/t13-/m1/s1. The lowest BCUT2D eigenvalue weighted by molar-refractivity contribution is 0.0521. The molecule has 0 amide bonds. The maximum atomic E-state index is 13.1. The topological polar surface area (TPSA) is 98.7 Å². The highest BCUT2D eigenvalue weighted by Crippen LogP contribution is 2.17. The van der Waals surface area contributed by atoms with Crippen molar-refractivity contribution in [2.45, 2.75) is 39.3 Å². The summed E-state index contributed by atoms with van der Waals surface area (Å²) in [5.41, 5.74) is 1.52. The second-order valence-corrected chi connectivity index (χ2v) is 6.91. The number of ether oxygens (including phenoxy) is 2. The third kappa shape index (κ3) is 2.99. The molecule has 146 valence electrons. The Kier molecular flexibility index (Phi) is 4.72. The zero-order valence-corrected chi connectivity index (χ0v) is 15.9. The third-order valence-corrected chi connectivity index (χ3v) is 5.04. The van der Waals surface area contributed by atoms with Crippen LogP contribution in [0, 0.1) is 12.3 Å². The number of aryl methyl sites for hydroxylation is 1. The van der Waals surface area contributed by atoms with Crippen LogP contribution in [0.1, 0.15) is 35.7 Å². The summed E-state index contributed by atoms with van der Waals surface area (Å²) < 4.78 is 13.9. The quantitative estimate of drug-likeness (QED) is 0.548. The molecule has 1 atom stereocenters. The summed E-state index contributed by atoms with van der Waals surface area (Å²) in [4.78, 5) is 30.2. The number of esters is 1. The minimum absolute atomic E-state index is 0.0220. The van der Waals surface area contributed by atoms with Gasteiger partial charge in [0, 0.05) is 12.8 Å². The number of aromatic nitrogens is 3. The average Bonchev–Trinajstić information content (AvgIpc) is 3.18. The number of rotatable bonds is 4. The van der Waals surface area contributed by atoms with Crippen molar-refractivity contribution in [3.05, 3.63) is 51.4 Å². The number of nitrogens with zero attached hydrogens (tertiary/aromatic N) is 3. The van der Waals surface area contributed by atoms with E-state index in [0.717, 1.165) is 18.4 Å². The molecule has 1 fully saturated rings. The fraction of sp³-hybridized carbons (Fsp3) is 0.400. The van der Waals surface area contributed by atoms with Crippen LogP contribution in [0.4, 0.5) is 0 Å². The van der Waals surface area contributed by atoms with Crippen molar-refractivity contribution in [3.8, 4) is 0 Å². The molecule has 0 aromatic carbocycles. The van der Waals surface area contributed by atoms with Gasteiger partial charge in [-0.2, -0.15) is 0 Å². The number of fused-ring (bicyclic) bond motifs is 2. The van der Waals surface area contributed by atoms with Gasteiger partial charge in [-0.15, -0.1) is 0 Å². The smallest absolute Gasteiger partial charge is 0.341 e. The molecule has 1 aliphatic heterocycles. The summed E-state index contributed by atoms with van der Waals surface area (Å²) >= 11 is 0. The Labute approximate surface area is 160 Å². The van der Waals surface area contributed by atoms with E-state index in [-0.39, 0.29) is 34.7 Å². The van der Waals surface area contributed by atoms with Crippen molar-refractivity contribution in [2.75, 3.05) is 13.2 Å². The molecule has 0 saturated carbocycles. The molecule has 0 bridgehead atoms. The highest BCUT2D eigenvalue weighted by atomic mass is 16.5. The van der Waals surface area contributed by atoms with Crippen LogP contribution in [0.2, 0.25) is 0 Å². The molecule has 4 rings (SSSR count). The molecule has 8 heteroatoms. The largest absolute Gasteiger partial charge is 0.462 e. The van der Waals surface area contributed by atoms with Crippen molar-refractivity contribution in [1.82, 2.24) is 14.0 Å². The van der Waals surface area contributed by atoms with Crippen LogP contribution in [0.15, 0.2) is 29.2 Å². The summed E-state index contributed by atoms with van der Waals surface area (Å²) in [6, 6.07) is 5.08. The highest BCUT2D eigenvalue weighted by molar-refractivity contribution is 5.93. The van der Waals surface area contributed by atoms with Crippen LogP contribution in [-0.2, 0) is 16.0 Å². The van der Waals surface area contributed by atoms with E-state index >= 15 is 0 Å². The van der Waals surface area contributed by atoms with Gasteiger partial charge in [0.2, 0.25) is 0 Å². The maximum Gasteiger partial charge on any atom is 0.341 e. The molecule has 8 nitrogen and oxygen atoms in total. The van der Waals surface area contributed by atoms with Crippen LogP contribution in [-0.4, -0.2) is 39.2 Å². The molecular formula is C20H22N4O4. The van der Waals surface area contributed by atoms with E-state index in [1.54, 1.807) is 23.8 Å². The summed E-state index contributed by atoms with van der Waals surface area (Å²) in [5.74, 6) is -0.621. The Bertz CT molecular complexity index is 1190. The zero-order valence-electron chi connectivity index (χ0n) is 15.9. The van der Waals surface area contributed by atoms with Crippen LogP contribution < -0.4 is 11.0 Å². The highest BCUT2D eigenvalue weighted by Gasteiger charge is 2.22. The van der Waals surface area contributed by atoms with E-state index in [2.05, 4.69) is 4.98 Å². The fourth-order valence-electron chi connectivity index (χ4n) is 3.63. The SMILES string of the molecule is CCOC(=O)c1cc2c(=O)n3cccc(C)c3nc2n(C[C@H]2CCCO2)c1=N. The molecule has 4 heterocycles. The fourth-order valence-corrected chi connectivity index (χ4v) is 3.63. The van der Waals surface area contributed by atoms with E-state index in [1.165, 1.54) is 10.5 Å². The molecule has 3 aromatic heterocycles. The monoisotopic (exact) mass is 382 g/mol. The third-order valence-electron chi connectivity index (χ3n) is 5.04. The van der Waals surface area contributed by atoms with E-state index in [4.69, 9.17) is 14.9 Å². The molecular weight excluding hydrogens is 360 g/mol. The Morgan fingerprint density at radius 2 is 2.25 bits per heavy atom. The maximum absolute atomic E-state index is 13.1. The van der Waals surface area contributed by atoms with Crippen molar-refractivity contribution in [3.63, 3.8) is 0 Å². The predicted molar refractivity (Wildman–Crippen MR) is 102 cm³/mol. The molecule has 0 aliphatic carbocycles. The van der Waals surface area contributed by atoms with Gasteiger partial charge >= 0.3 is 5.97 Å². The van der Waals surface area contributed by atoms with Gasteiger partial charge in [0.15, 0.2) is 0 Å². The van der Waals surface area contributed by atoms with Crippen molar-refractivity contribution in [2.24, 2.45) is 0 Å². The minimum atomic E-state index is -0.621. The van der Waals surface area contributed by atoms with E-state index in [0.29, 0.717) is 24.4 Å². The lowest BCUT2D eigenvalue weighted by Crippen LogP contribution is -2.33. The van der Waals surface area contributed by atoms with Crippen LogP contribution in [0.25, 0.3) is 16.7 Å². The Morgan fingerprint density at radius 3 is 2.96 bits per heavy atom. The first kappa shape index (κ1) is 18.4. The summed E-state index contributed by atoms with van der Waals surface area (Å²) in [7, 11) is 0. The summed E-state index contributed by atoms with van der Waals surface area (Å²) in [5, 5.41) is 8.87. The minimum Gasteiger partial charge on any atom is -0.462 e. The lowest BCUT2D eigenvalue weighted by atomic mass is 10.2. The number of carbonyl (C=O) groups is 1. The van der Waals surface area contributed by atoms with Crippen molar-refractivity contribution < 1.29 is 14.3 Å². The Balaban J connectivity index is 2.06. The zero-order chi connectivity index (χ0) is 19.8. The number of nitrogens with one attached hydrogen (secondary N) is 1. The Hall–Kier alpha value is -3.00. The van der Waals surface area contributed by atoms with Crippen molar-refractivity contribution >= 4 is 22.6 Å². The van der Waals surface area contributed by atoms with Crippen LogP contribution >= 0.6 is 0 Å². The van der Waals surface area contributed by atoms with E-state index in [9.17, 15) is 9.59 Å². The molecule has 28 heavy (non-hydrogen) atoms. The average molecular weight is 382 g/mol. The summed E-state index contributed by atoms with van der Waals surface area (Å²) in [6.45, 7) is 4.81. The molecule has 0 unspecified atom stereocenters. The van der Waals surface area contributed by atoms with Gasteiger partial charge in [0.25, 0.3) is 5.56 Å². The van der Waals surface area contributed by atoms with Gasteiger partial charge in [-0.1, -0.05) is 6.07 Å². The van der Waals surface area contributed by atoms with Gasteiger partial charge in [-0.25, -0.2) is 9.78 Å². The summed E-state index contributed by atoms with van der Waals surface area (Å²) in [6.07, 6.45) is 3.39. The number of carbonyl (C=O) groups excluding carboxylic acids is 1. The number of hydrogen-bond donors (Lipinski definition) is 1. The van der Waals surface area contributed by atoms with Gasteiger partial charge in [0.05, 0.1) is 24.6 Å². The predicted octanol–water partition coefficient (Wildman–Crippen LogP) is 1.79. The van der Waals surface area contributed by atoms with Gasteiger partial charge in [-0.3, -0.25) is 14.6 Å². The molecule has 1 N–H and O–H groups in total. The first-order valence-corrected chi connectivity index (χ1v) is 9.40. The van der Waals surface area contributed by atoms with Crippen LogP contribution in [0.3, 0.4) is 0 Å². The first-order chi connectivity index (χ1) is 13.5. The second-order valence-electron chi connectivity index (χ2n) is 6.91. The lowest BCUT2D eigenvalue weighted by Gasteiger charge is -2.17. The van der Waals surface area contributed by atoms with Gasteiger partial charge < -0.3 is 14.0 Å². The van der Waals surface area contributed by atoms with E-state index in [1.807, 2.05) is 13.0 Å². The van der Waals surface area contributed by atoms with Crippen molar-refractivity contribution in [1.29, 1.82) is 5.41 Å². The first-order valence-electron chi connectivity index (χ1n) is 9.40. The molecule has 1 aliphatic rings. The molecule has 3 aromatic rings. The normalized spacial score (nSPS) is 16.7. The number of hydrogen-bond acceptors (Lipinski definition) is 6. The number of pyridine rings is 2. The Morgan fingerprint density at radius 1 is 1.43 bits per heavy atom. The molecule has 0 spiro atoms.